The molecule has 0 radical (unpaired) electrons. The van der Waals surface area contributed by atoms with Gasteiger partial charge < -0.3 is 19.7 Å². The van der Waals surface area contributed by atoms with Crippen LogP contribution in [0.15, 0.2) is 41.3 Å². The van der Waals surface area contributed by atoms with Gasteiger partial charge in [-0.3, -0.25) is 0 Å². The predicted molar refractivity (Wildman–Crippen MR) is 125 cm³/mol. The van der Waals surface area contributed by atoms with Crippen LogP contribution < -0.4 is 19.5 Å². The number of nitrogens with one attached hydrogen (secondary N) is 2. The van der Waals surface area contributed by atoms with Crippen LogP contribution in [0.3, 0.4) is 0 Å². The van der Waals surface area contributed by atoms with Gasteiger partial charge in [0.15, 0.2) is 16.6 Å². The number of thiocarbonyl (C=S) groups is 1. The molecule has 0 aliphatic carbocycles. The highest BCUT2D eigenvalue weighted by molar-refractivity contribution is 7.89. The van der Waals surface area contributed by atoms with Crippen LogP contribution in [0.2, 0.25) is 0 Å². The topological polar surface area (TPSA) is 79.9 Å². The highest BCUT2D eigenvalue weighted by Gasteiger charge is 2.31. The number of aryl methyl sites for hydroxylation is 1. The SMILES string of the molecule is CCNC(=S)N1CCc2cc(OC)c(OC)cc2C1CNS(=O)(=O)c1ccc(C)cc1. The third kappa shape index (κ3) is 5.11. The van der Waals surface area contributed by atoms with Gasteiger partial charge in [-0.1, -0.05) is 17.7 Å². The van der Waals surface area contributed by atoms with E-state index in [-0.39, 0.29) is 17.5 Å². The van der Waals surface area contributed by atoms with Crippen molar-refractivity contribution in [2.45, 2.75) is 31.2 Å². The number of rotatable bonds is 7. The summed E-state index contributed by atoms with van der Waals surface area (Å²) in [6, 6.07) is 10.4. The van der Waals surface area contributed by atoms with Crippen molar-refractivity contribution >= 4 is 27.4 Å². The molecule has 2 aromatic rings. The molecule has 1 atom stereocenters. The molecule has 3 rings (SSSR count). The van der Waals surface area contributed by atoms with E-state index >= 15 is 0 Å². The van der Waals surface area contributed by atoms with E-state index in [4.69, 9.17) is 21.7 Å². The predicted octanol–water partition coefficient (Wildman–Crippen LogP) is 2.78. The highest BCUT2D eigenvalue weighted by Crippen LogP contribution is 2.38. The van der Waals surface area contributed by atoms with Gasteiger partial charge in [0.2, 0.25) is 10.0 Å². The normalized spacial score (nSPS) is 15.9. The fraction of sp³-hybridized carbons (Fsp3) is 0.409. The van der Waals surface area contributed by atoms with Crippen molar-refractivity contribution in [2.75, 3.05) is 33.9 Å². The number of methoxy groups -OCH3 is 2. The van der Waals surface area contributed by atoms with E-state index in [1.807, 2.05) is 30.9 Å². The summed E-state index contributed by atoms with van der Waals surface area (Å²) in [5.74, 6) is 1.26. The molecule has 1 unspecified atom stereocenters. The number of hydrogen-bond donors (Lipinski definition) is 2. The summed E-state index contributed by atoms with van der Waals surface area (Å²) in [4.78, 5) is 2.27. The molecule has 1 aliphatic rings. The summed E-state index contributed by atoms with van der Waals surface area (Å²) in [5, 5.41) is 3.79. The van der Waals surface area contributed by atoms with Crippen molar-refractivity contribution in [3.8, 4) is 11.5 Å². The molecule has 7 nitrogen and oxygen atoms in total. The zero-order valence-electron chi connectivity index (χ0n) is 18.3. The highest BCUT2D eigenvalue weighted by atomic mass is 32.2. The lowest BCUT2D eigenvalue weighted by atomic mass is 9.92. The zero-order valence-corrected chi connectivity index (χ0v) is 19.9. The molecule has 168 valence electrons. The first-order valence-corrected chi connectivity index (χ1v) is 12.1. The molecule has 0 aromatic heterocycles. The molecule has 0 spiro atoms. The Kier molecular flexibility index (Phi) is 7.40. The number of hydrogen-bond acceptors (Lipinski definition) is 5. The van der Waals surface area contributed by atoms with E-state index in [1.54, 1.807) is 38.5 Å². The van der Waals surface area contributed by atoms with Crippen molar-refractivity contribution in [1.29, 1.82) is 0 Å². The summed E-state index contributed by atoms with van der Waals surface area (Å²) in [6.07, 6.45) is 0.766. The van der Waals surface area contributed by atoms with Crippen LogP contribution in [0.25, 0.3) is 0 Å². The van der Waals surface area contributed by atoms with Crippen LogP contribution in [0.5, 0.6) is 11.5 Å². The van der Waals surface area contributed by atoms with Gasteiger partial charge in [-0.2, -0.15) is 0 Å². The first-order chi connectivity index (χ1) is 14.8. The van der Waals surface area contributed by atoms with Crippen molar-refractivity contribution in [3.63, 3.8) is 0 Å². The molecule has 0 saturated carbocycles. The maximum Gasteiger partial charge on any atom is 0.240 e. The van der Waals surface area contributed by atoms with Crippen LogP contribution in [0.4, 0.5) is 0 Å². The van der Waals surface area contributed by atoms with Crippen LogP contribution in [-0.2, 0) is 16.4 Å². The lowest BCUT2D eigenvalue weighted by molar-refractivity contribution is 0.291. The molecule has 0 saturated heterocycles. The molecular weight excluding hydrogens is 434 g/mol. The molecule has 2 aromatic carbocycles. The Bertz CT molecular complexity index is 1040. The second kappa shape index (κ2) is 9.84. The van der Waals surface area contributed by atoms with Crippen molar-refractivity contribution in [1.82, 2.24) is 14.9 Å². The summed E-state index contributed by atoms with van der Waals surface area (Å²) >= 11 is 5.59. The first-order valence-electron chi connectivity index (χ1n) is 10.2. The minimum atomic E-state index is -3.67. The standard InChI is InChI=1S/C22H29N3O4S2/c1-5-23-22(30)25-11-10-16-12-20(28-3)21(29-4)13-18(16)19(25)14-24-31(26,27)17-8-6-15(2)7-9-17/h6-9,12-13,19,24H,5,10-11,14H2,1-4H3,(H,23,30). The second-order valence-corrected chi connectivity index (χ2v) is 9.52. The van der Waals surface area contributed by atoms with Crippen LogP contribution in [-0.4, -0.2) is 52.3 Å². The Morgan fingerprint density at radius 2 is 1.81 bits per heavy atom. The van der Waals surface area contributed by atoms with E-state index in [2.05, 4.69) is 10.0 Å². The monoisotopic (exact) mass is 463 g/mol. The molecule has 2 N–H and O–H groups in total. The molecule has 1 heterocycles. The molecule has 0 amide bonds. The summed E-state index contributed by atoms with van der Waals surface area (Å²) in [7, 11) is -0.475. The number of fused-ring (bicyclic) bond motifs is 1. The summed E-state index contributed by atoms with van der Waals surface area (Å²) in [6.45, 7) is 5.43. The molecule has 9 heteroatoms. The van der Waals surface area contributed by atoms with Gasteiger partial charge in [0, 0.05) is 19.6 Å². The number of sulfonamides is 1. The Morgan fingerprint density at radius 3 is 2.42 bits per heavy atom. The Labute approximate surface area is 189 Å². The van der Waals surface area contributed by atoms with Crippen LogP contribution >= 0.6 is 12.2 Å². The third-order valence-electron chi connectivity index (χ3n) is 5.39. The largest absolute Gasteiger partial charge is 0.493 e. The molecule has 31 heavy (non-hydrogen) atoms. The van der Waals surface area contributed by atoms with Crippen LogP contribution in [0, 0.1) is 6.92 Å². The number of nitrogens with zero attached hydrogens (tertiary/aromatic N) is 1. The number of benzene rings is 2. The van der Waals surface area contributed by atoms with Gasteiger partial charge >= 0.3 is 0 Å². The lowest BCUT2D eigenvalue weighted by Gasteiger charge is -2.39. The minimum absolute atomic E-state index is 0.171. The van der Waals surface area contributed by atoms with Crippen molar-refractivity contribution < 1.29 is 17.9 Å². The van der Waals surface area contributed by atoms with Gasteiger partial charge in [0.05, 0.1) is 25.2 Å². The molecular formula is C22H29N3O4S2. The summed E-state index contributed by atoms with van der Waals surface area (Å²) < 4.78 is 39.5. The smallest absolute Gasteiger partial charge is 0.240 e. The fourth-order valence-corrected chi connectivity index (χ4v) is 5.13. The molecule has 0 fully saturated rings. The maximum atomic E-state index is 12.9. The van der Waals surface area contributed by atoms with E-state index in [1.165, 1.54) is 0 Å². The molecule has 1 aliphatic heterocycles. The zero-order chi connectivity index (χ0) is 22.6. The van der Waals surface area contributed by atoms with Crippen LogP contribution in [0.1, 0.15) is 29.7 Å². The van der Waals surface area contributed by atoms with Gasteiger partial charge in [0.1, 0.15) is 0 Å². The molecule has 0 bridgehead atoms. The number of ether oxygens (including phenoxy) is 2. The van der Waals surface area contributed by atoms with Gasteiger partial charge in [-0.05, 0) is 67.9 Å². The average molecular weight is 464 g/mol. The van der Waals surface area contributed by atoms with E-state index in [0.717, 1.165) is 23.1 Å². The van der Waals surface area contributed by atoms with E-state index in [9.17, 15) is 8.42 Å². The minimum Gasteiger partial charge on any atom is -0.493 e. The summed E-state index contributed by atoms with van der Waals surface area (Å²) in [5.41, 5.74) is 3.06. The van der Waals surface area contributed by atoms with Crippen molar-refractivity contribution in [2.24, 2.45) is 0 Å². The van der Waals surface area contributed by atoms with Gasteiger partial charge in [-0.15, -0.1) is 0 Å². The fourth-order valence-electron chi connectivity index (χ4n) is 3.73. The Balaban J connectivity index is 1.95. The Morgan fingerprint density at radius 1 is 1.16 bits per heavy atom. The average Bonchev–Trinajstić information content (AvgIpc) is 2.76. The lowest BCUT2D eigenvalue weighted by Crippen LogP contribution is -2.48. The maximum absolute atomic E-state index is 12.9. The van der Waals surface area contributed by atoms with Crippen molar-refractivity contribution in [3.05, 3.63) is 53.1 Å². The first kappa shape index (κ1) is 23.3. The second-order valence-electron chi connectivity index (χ2n) is 7.37. The third-order valence-corrected chi connectivity index (χ3v) is 7.21. The quantitative estimate of drug-likeness (QED) is 0.611. The van der Waals surface area contributed by atoms with E-state index in [0.29, 0.717) is 29.7 Å². The van der Waals surface area contributed by atoms with E-state index < -0.39 is 10.0 Å². The van der Waals surface area contributed by atoms with Gasteiger partial charge in [0.25, 0.3) is 0 Å². The Hall–Kier alpha value is -2.36. The van der Waals surface area contributed by atoms with Gasteiger partial charge in [-0.25, -0.2) is 13.1 Å².